The van der Waals surface area contributed by atoms with Crippen LogP contribution in [0.2, 0.25) is 0 Å². The number of methoxy groups -OCH3 is 1. The van der Waals surface area contributed by atoms with E-state index < -0.39 is 10.0 Å². The molecule has 1 heterocycles. The van der Waals surface area contributed by atoms with Gasteiger partial charge in [0.25, 0.3) is 0 Å². The number of aryl methyl sites for hydroxylation is 1. The van der Waals surface area contributed by atoms with Gasteiger partial charge >= 0.3 is 5.97 Å². The summed E-state index contributed by atoms with van der Waals surface area (Å²) in [6.45, 7) is 1.95. The Kier molecular flexibility index (Phi) is 5.82. The van der Waals surface area contributed by atoms with Gasteiger partial charge in [0.2, 0.25) is 10.0 Å². The maximum Gasteiger partial charge on any atom is 0.305 e. The molecule has 1 aromatic carbocycles. The summed E-state index contributed by atoms with van der Waals surface area (Å²) < 4.78 is 32.8. The van der Waals surface area contributed by atoms with Crippen LogP contribution in [0, 0.1) is 12.8 Å². The van der Waals surface area contributed by atoms with E-state index in [2.05, 4.69) is 4.74 Å². The number of carbonyl (C=O) groups excluding carboxylic acids is 1. The molecule has 6 heteroatoms. The fraction of sp³-hybridized carbons (Fsp3) is 0.550. The number of sulfonamides is 1. The van der Waals surface area contributed by atoms with Crippen molar-refractivity contribution in [3.8, 4) is 0 Å². The van der Waals surface area contributed by atoms with Crippen LogP contribution in [0.5, 0.6) is 0 Å². The van der Waals surface area contributed by atoms with E-state index in [1.165, 1.54) is 7.11 Å². The van der Waals surface area contributed by atoms with Gasteiger partial charge in [-0.3, -0.25) is 4.79 Å². The predicted molar refractivity (Wildman–Crippen MR) is 100 cm³/mol. The van der Waals surface area contributed by atoms with Crippen molar-refractivity contribution in [2.24, 2.45) is 5.92 Å². The fourth-order valence-corrected chi connectivity index (χ4v) is 5.99. The second kappa shape index (κ2) is 7.92. The van der Waals surface area contributed by atoms with Gasteiger partial charge in [-0.15, -0.1) is 0 Å². The molecule has 1 saturated heterocycles. The number of piperidine rings is 1. The molecule has 2 aliphatic rings. The van der Waals surface area contributed by atoms with Crippen LogP contribution in [0.1, 0.15) is 44.1 Å². The number of unbranched alkanes of at least 4 members (excludes halogenated alkanes) is 1. The van der Waals surface area contributed by atoms with E-state index in [0.29, 0.717) is 23.7 Å². The van der Waals surface area contributed by atoms with E-state index in [4.69, 9.17) is 0 Å². The molecule has 0 amide bonds. The molecular formula is C20H27NO4S. The fourth-order valence-electron chi connectivity index (χ4n) is 4.12. The molecule has 1 saturated carbocycles. The predicted octanol–water partition coefficient (Wildman–Crippen LogP) is 3.44. The van der Waals surface area contributed by atoms with E-state index in [0.717, 1.165) is 31.2 Å². The molecule has 0 aromatic heterocycles. The molecule has 142 valence electrons. The number of ether oxygens (including phenoxy) is 1. The maximum absolute atomic E-state index is 13.2. The number of fused-ring (bicyclic) bond motifs is 2. The molecule has 0 N–H and O–H groups in total. The van der Waals surface area contributed by atoms with Crippen molar-refractivity contribution < 1.29 is 17.9 Å². The van der Waals surface area contributed by atoms with Gasteiger partial charge in [-0.2, -0.15) is 4.31 Å². The van der Waals surface area contributed by atoms with Crippen LogP contribution in [0.25, 0.3) is 0 Å². The first-order valence-electron chi connectivity index (χ1n) is 9.27. The Morgan fingerprint density at radius 2 is 2.00 bits per heavy atom. The Balaban J connectivity index is 1.72. The number of nitrogens with zero attached hydrogens (tertiary/aromatic N) is 1. The molecule has 0 spiro atoms. The number of rotatable bonds is 7. The number of allylic oxidation sites excluding steroid dienone is 1. The van der Waals surface area contributed by atoms with Gasteiger partial charge in [-0.1, -0.05) is 29.8 Å². The monoisotopic (exact) mass is 377 g/mol. The zero-order valence-electron chi connectivity index (χ0n) is 15.4. The third kappa shape index (κ3) is 3.86. The first-order chi connectivity index (χ1) is 12.4. The third-order valence-corrected chi connectivity index (χ3v) is 7.46. The molecule has 1 unspecified atom stereocenters. The van der Waals surface area contributed by atoms with E-state index in [-0.39, 0.29) is 18.1 Å². The number of carbonyl (C=O) groups is 1. The van der Waals surface area contributed by atoms with Crippen LogP contribution in [-0.4, -0.2) is 37.9 Å². The third-order valence-electron chi connectivity index (χ3n) is 5.49. The summed E-state index contributed by atoms with van der Waals surface area (Å²) in [5, 5.41) is 0. The number of hydrogen-bond acceptors (Lipinski definition) is 4. The minimum atomic E-state index is -3.49. The molecule has 1 aliphatic carbocycles. The normalized spacial score (nSPS) is 25.8. The molecule has 2 bridgehead atoms. The van der Waals surface area contributed by atoms with E-state index >= 15 is 0 Å². The largest absolute Gasteiger partial charge is 0.469 e. The molecule has 3 rings (SSSR count). The first kappa shape index (κ1) is 19.1. The summed E-state index contributed by atoms with van der Waals surface area (Å²) in [6.07, 6.45) is 8.89. The smallest absolute Gasteiger partial charge is 0.305 e. The van der Waals surface area contributed by atoms with Gasteiger partial charge in [-0.25, -0.2) is 8.42 Å². The van der Waals surface area contributed by atoms with Crippen molar-refractivity contribution in [2.75, 3.05) is 7.11 Å². The topological polar surface area (TPSA) is 63.7 Å². The Labute approximate surface area is 156 Å². The first-order valence-corrected chi connectivity index (χ1v) is 10.7. The Morgan fingerprint density at radius 1 is 1.27 bits per heavy atom. The van der Waals surface area contributed by atoms with E-state index in [1.54, 1.807) is 16.4 Å². The van der Waals surface area contributed by atoms with E-state index in [9.17, 15) is 13.2 Å². The molecule has 2 fully saturated rings. The van der Waals surface area contributed by atoms with Gasteiger partial charge in [-0.05, 0) is 57.1 Å². The highest BCUT2D eigenvalue weighted by atomic mass is 32.2. The van der Waals surface area contributed by atoms with Crippen LogP contribution < -0.4 is 0 Å². The number of benzene rings is 1. The summed E-state index contributed by atoms with van der Waals surface area (Å²) in [7, 11) is -2.10. The summed E-state index contributed by atoms with van der Waals surface area (Å²) >= 11 is 0. The standard InChI is InChI=1S/C20H27NO4S/c1-15-8-12-18(13-9-15)26(23,24)21-17-11-10-16(14-17)19(21)6-4-3-5-7-20(22)25-2/h4,6,8-9,12-13,16-17,19H,3,5,7,10-11,14H2,1-2H3/b6-4-/t16-,17+,19?/m1/s1. The van der Waals surface area contributed by atoms with Crippen molar-refractivity contribution in [1.29, 1.82) is 0 Å². The quantitative estimate of drug-likeness (QED) is 0.415. The Bertz CT molecular complexity index is 770. The number of esters is 1. The highest BCUT2D eigenvalue weighted by Crippen LogP contribution is 2.45. The van der Waals surface area contributed by atoms with Crippen LogP contribution in [-0.2, 0) is 19.6 Å². The lowest BCUT2D eigenvalue weighted by molar-refractivity contribution is -0.140. The van der Waals surface area contributed by atoms with Crippen LogP contribution in [0.4, 0.5) is 0 Å². The minimum Gasteiger partial charge on any atom is -0.469 e. The van der Waals surface area contributed by atoms with Gasteiger partial charge in [0, 0.05) is 18.5 Å². The highest BCUT2D eigenvalue weighted by molar-refractivity contribution is 7.89. The molecule has 1 aliphatic heterocycles. The Morgan fingerprint density at radius 3 is 2.69 bits per heavy atom. The van der Waals surface area contributed by atoms with Crippen LogP contribution in [0.15, 0.2) is 41.3 Å². The molecular weight excluding hydrogens is 350 g/mol. The van der Waals surface area contributed by atoms with Crippen LogP contribution >= 0.6 is 0 Å². The lowest BCUT2D eigenvalue weighted by atomic mass is 9.99. The highest BCUT2D eigenvalue weighted by Gasteiger charge is 2.50. The second-order valence-corrected chi connectivity index (χ2v) is 9.11. The molecule has 0 radical (unpaired) electrons. The zero-order chi connectivity index (χ0) is 18.7. The van der Waals surface area contributed by atoms with Gasteiger partial charge < -0.3 is 4.74 Å². The second-order valence-electron chi connectivity index (χ2n) is 7.26. The summed E-state index contributed by atoms with van der Waals surface area (Å²) in [5.74, 6) is 0.193. The van der Waals surface area contributed by atoms with Gasteiger partial charge in [0.15, 0.2) is 0 Å². The van der Waals surface area contributed by atoms with Crippen LogP contribution in [0.3, 0.4) is 0 Å². The zero-order valence-corrected chi connectivity index (χ0v) is 16.2. The van der Waals surface area contributed by atoms with Crippen molar-refractivity contribution >= 4 is 16.0 Å². The lowest BCUT2D eigenvalue weighted by Crippen LogP contribution is -2.43. The maximum atomic E-state index is 13.2. The van der Waals surface area contributed by atoms with E-state index in [1.807, 2.05) is 31.2 Å². The SMILES string of the molecule is COC(=O)CCC/C=C\C1[C@@H]2CC[C@@H](C2)N1S(=O)(=O)c1ccc(C)cc1. The van der Waals surface area contributed by atoms with Crippen molar-refractivity contribution in [3.05, 3.63) is 42.0 Å². The molecule has 3 atom stereocenters. The van der Waals surface area contributed by atoms with Crippen molar-refractivity contribution in [3.63, 3.8) is 0 Å². The summed E-state index contributed by atoms with van der Waals surface area (Å²) in [6, 6.07) is 7.13. The summed E-state index contributed by atoms with van der Waals surface area (Å²) in [4.78, 5) is 11.5. The average molecular weight is 378 g/mol. The van der Waals surface area contributed by atoms with Gasteiger partial charge in [0.1, 0.15) is 0 Å². The summed E-state index contributed by atoms with van der Waals surface area (Å²) in [5.41, 5.74) is 1.05. The molecule has 5 nitrogen and oxygen atoms in total. The average Bonchev–Trinajstić information content (AvgIpc) is 3.23. The lowest BCUT2D eigenvalue weighted by Gasteiger charge is -2.32. The van der Waals surface area contributed by atoms with Gasteiger partial charge in [0.05, 0.1) is 12.0 Å². The van der Waals surface area contributed by atoms with Crippen molar-refractivity contribution in [1.82, 2.24) is 4.31 Å². The van der Waals surface area contributed by atoms with Crippen molar-refractivity contribution in [2.45, 2.75) is 62.4 Å². The number of hydrogen-bond donors (Lipinski definition) is 0. The molecule has 1 aromatic rings. The molecule has 26 heavy (non-hydrogen) atoms. The Hall–Kier alpha value is -1.66. The minimum absolute atomic E-state index is 0.0711.